The SMILES string of the molecule is CP(C)(=O)c1cccc(-c2ccc(-c3ccc4c(c3)-c3c(ccc5ccccc35)C43c4ccccc4-c4ccccc43)c3ccccc23)c1. The highest BCUT2D eigenvalue weighted by Crippen LogP contribution is 2.64. The molecule has 0 radical (unpaired) electrons. The van der Waals surface area contributed by atoms with Gasteiger partial charge in [-0.1, -0.05) is 152 Å². The molecule has 232 valence electrons. The molecule has 0 atom stereocenters. The highest BCUT2D eigenvalue weighted by atomic mass is 31.2. The minimum Gasteiger partial charge on any atom is -0.319 e. The Morgan fingerprint density at radius 3 is 1.63 bits per heavy atom. The predicted molar refractivity (Wildman–Crippen MR) is 208 cm³/mol. The van der Waals surface area contributed by atoms with E-state index in [0.717, 1.165) is 16.4 Å². The lowest BCUT2D eigenvalue weighted by Gasteiger charge is -2.30. The van der Waals surface area contributed by atoms with Gasteiger partial charge in [0.25, 0.3) is 0 Å². The van der Waals surface area contributed by atoms with E-state index in [1.165, 1.54) is 77.2 Å². The molecule has 49 heavy (non-hydrogen) atoms. The van der Waals surface area contributed by atoms with Crippen LogP contribution >= 0.6 is 7.14 Å². The summed E-state index contributed by atoms with van der Waals surface area (Å²) in [5.41, 5.74) is 15.0. The summed E-state index contributed by atoms with van der Waals surface area (Å²) in [5, 5.41) is 5.87. The molecule has 2 aliphatic carbocycles. The standard InChI is InChI=1S/C47H33OP/c1-49(2,48)33-14-11-13-31(28-33)34-24-25-35(38-17-6-5-16-37(34)38)32-23-26-44-41(29-32)46-36-15-4-3-12-30(36)22-27-45(46)47(44)42-20-9-7-18-39(42)40-19-8-10-21-43(40)47/h3-29H,1-2H3. The first kappa shape index (κ1) is 28.5. The van der Waals surface area contributed by atoms with E-state index in [0.29, 0.717) is 0 Å². The van der Waals surface area contributed by atoms with Crippen molar-refractivity contribution in [3.8, 4) is 44.5 Å². The van der Waals surface area contributed by atoms with Gasteiger partial charge in [-0.2, -0.15) is 0 Å². The van der Waals surface area contributed by atoms with E-state index in [-0.39, 0.29) is 5.41 Å². The highest BCUT2D eigenvalue weighted by Gasteiger charge is 2.51. The van der Waals surface area contributed by atoms with Crippen molar-refractivity contribution in [2.75, 3.05) is 13.3 Å². The second-order valence-electron chi connectivity index (χ2n) is 13.9. The molecule has 1 spiro atoms. The van der Waals surface area contributed by atoms with E-state index in [9.17, 15) is 4.57 Å². The molecule has 0 N–H and O–H groups in total. The quantitative estimate of drug-likeness (QED) is 0.175. The van der Waals surface area contributed by atoms with E-state index in [1.54, 1.807) is 0 Å². The van der Waals surface area contributed by atoms with Crippen LogP contribution in [0.3, 0.4) is 0 Å². The zero-order valence-electron chi connectivity index (χ0n) is 27.4. The van der Waals surface area contributed by atoms with E-state index in [4.69, 9.17) is 0 Å². The molecular weight excluding hydrogens is 611 g/mol. The van der Waals surface area contributed by atoms with Gasteiger partial charge in [-0.3, -0.25) is 0 Å². The van der Waals surface area contributed by atoms with Crippen LogP contribution in [0.4, 0.5) is 0 Å². The summed E-state index contributed by atoms with van der Waals surface area (Å²) in [6, 6.07) is 60.2. The molecule has 0 amide bonds. The zero-order valence-corrected chi connectivity index (χ0v) is 28.3. The molecule has 0 saturated carbocycles. The minimum absolute atomic E-state index is 0.380. The van der Waals surface area contributed by atoms with Crippen LogP contribution in [0.5, 0.6) is 0 Å². The van der Waals surface area contributed by atoms with Crippen LogP contribution in [0.15, 0.2) is 164 Å². The average molecular weight is 645 g/mol. The molecule has 0 unspecified atom stereocenters. The van der Waals surface area contributed by atoms with Crippen molar-refractivity contribution in [3.63, 3.8) is 0 Å². The fourth-order valence-electron chi connectivity index (χ4n) is 8.89. The van der Waals surface area contributed by atoms with Gasteiger partial charge in [-0.05, 0) is 114 Å². The Labute approximate surface area is 286 Å². The average Bonchev–Trinajstić information content (AvgIpc) is 3.61. The van der Waals surface area contributed by atoms with Gasteiger partial charge in [0.2, 0.25) is 0 Å². The molecule has 10 rings (SSSR count). The van der Waals surface area contributed by atoms with Crippen LogP contribution in [-0.2, 0) is 9.98 Å². The summed E-state index contributed by atoms with van der Waals surface area (Å²) in [7, 11) is -2.39. The molecule has 2 aliphatic rings. The van der Waals surface area contributed by atoms with E-state index in [2.05, 4.69) is 152 Å². The molecule has 0 fully saturated rings. The van der Waals surface area contributed by atoms with Crippen LogP contribution in [0.2, 0.25) is 0 Å². The molecule has 0 bridgehead atoms. The zero-order chi connectivity index (χ0) is 32.9. The summed E-state index contributed by atoms with van der Waals surface area (Å²) in [5.74, 6) is 0. The number of fused-ring (bicyclic) bond motifs is 13. The van der Waals surface area contributed by atoms with Gasteiger partial charge in [-0.15, -0.1) is 0 Å². The Morgan fingerprint density at radius 1 is 0.408 bits per heavy atom. The predicted octanol–water partition coefficient (Wildman–Crippen LogP) is 11.9. The van der Waals surface area contributed by atoms with Gasteiger partial charge >= 0.3 is 0 Å². The molecule has 8 aromatic carbocycles. The Balaban J connectivity index is 1.25. The van der Waals surface area contributed by atoms with Crippen LogP contribution in [0.1, 0.15) is 22.3 Å². The molecular formula is C47H33OP. The third kappa shape index (κ3) is 3.91. The number of rotatable bonds is 3. The topological polar surface area (TPSA) is 17.1 Å². The summed E-state index contributed by atoms with van der Waals surface area (Å²) in [4.78, 5) is 0. The molecule has 0 saturated heterocycles. The summed E-state index contributed by atoms with van der Waals surface area (Å²) in [6.45, 7) is 3.69. The molecule has 1 nitrogen and oxygen atoms in total. The lowest BCUT2D eigenvalue weighted by atomic mass is 9.70. The van der Waals surface area contributed by atoms with Gasteiger partial charge in [0, 0.05) is 5.30 Å². The Morgan fingerprint density at radius 2 is 0.959 bits per heavy atom. The number of benzene rings is 8. The molecule has 0 aliphatic heterocycles. The van der Waals surface area contributed by atoms with E-state index >= 15 is 0 Å². The van der Waals surface area contributed by atoms with Crippen molar-refractivity contribution >= 4 is 34.0 Å². The van der Waals surface area contributed by atoms with E-state index < -0.39 is 7.14 Å². The monoisotopic (exact) mass is 644 g/mol. The van der Waals surface area contributed by atoms with Gasteiger partial charge in [0.1, 0.15) is 7.14 Å². The largest absolute Gasteiger partial charge is 0.319 e. The first-order valence-corrected chi connectivity index (χ1v) is 19.6. The molecule has 0 aromatic heterocycles. The van der Waals surface area contributed by atoms with Crippen LogP contribution in [0.25, 0.3) is 66.1 Å². The van der Waals surface area contributed by atoms with Gasteiger partial charge < -0.3 is 4.57 Å². The molecule has 0 heterocycles. The lowest BCUT2D eigenvalue weighted by molar-refractivity contribution is 0.588. The first-order valence-electron chi connectivity index (χ1n) is 17.0. The van der Waals surface area contributed by atoms with Gasteiger partial charge in [-0.25, -0.2) is 0 Å². The maximum atomic E-state index is 13.0. The van der Waals surface area contributed by atoms with Gasteiger partial charge in [0.05, 0.1) is 5.41 Å². The lowest BCUT2D eigenvalue weighted by Crippen LogP contribution is -2.25. The Kier molecular flexibility index (Phi) is 5.97. The first-order chi connectivity index (χ1) is 23.9. The molecule has 2 heteroatoms. The highest BCUT2D eigenvalue weighted by molar-refractivity contribution is 7.70. The summed E-state index contributed by atoms with van der Waals surface area (Å²) < 4.78 is 13.0. The number of hydrogen-bond acceptors (Lipinski definition) is 1. The Bertz CT molecular complexity index is 2680. The van der Waals surface area contributed by atoms with Crippen molar-refractivity contribution in [1.29, 1.82) is 0 Å². The van der Waals surface area contributed by atoms with Crippen LogP contribution in [-0.4, -0.2) is 13.3 Å². The molecule has 8 aromatic rings. The van der Waals surface area contributed by atoms with Gasteiger partial charge in [0.15, 0.2) is 0 Å². The smallest absolute Gasteiger partial charge is 0.109 e. The van der Waals surface area contributed by atoms with Crippen molar-refractivity contribution in [2.24, 2.45) is 0 Å². The third-order valence-corrected chi connectivity index (χ3v) is 12.5. The summed E-state index contributed by atoms with van der Waals surface area (Å²) in [6.07, 6.45) is 0. The van der Waals surface area contributed by atoms with Crippen molar-refractivity contribution in [1.82, 2.24) is 0 Å². The summed E-state index contributed by atoms with van der Waals surface area (Å²) >= 11 is 0. The number of hydrogen-bond donors (Lipinski definition) is 0. The van der Waals surface area contributed by atoms with E-state index in [1.807, 2.05) is 25.5 Å². The normalized spacial score (nSPS) is 13.8. The minimum atomic E-state index is -2.39. The maximum absolute atomic E-state index is 13.0. The van der Waals surface area contributed by atoms with Crippen LogP contribution in [0, 0.1) is 0 Å². The Hall–Kier alpha value is -5.49. The van der Waals surface area contributed by atoms with Crippen molar-refractivity contribution < 1.29 is 4.57 Å². The fourth-order valence-corrected chi connectivity index (χ4v) is 9.79. The van der Waals surface area contributed by atoms with Crippen molar-refractivity contribution in [2.45, 2.75) is 5.41 Å². The fraction of sp³-hybridized carbons (Fsp3) is 0.0638. The second kappa shape index (κ2) is 10.3. The second-order valence-corrected chi connectivity index (χ2v) is 17.1. The third-order valence-electron chi connectivity index (χ3n) is 11.0. The van der Waals surface area contributed by atoms with Crippen molar-refractivity contribution in [3.05, 3.63) is 186 Å². The maximum Gasteiger partial charge on any atom is 0.109 e. The van der Waals surface area contributed by atoms with Crippen LogP contribution < -0.4 is 5.30 Å².